The summed E-state index contributed by atoms with van der Waals surface area (Å²) < 4.78 is 16.8. The van der Waals surface area contributed by atoms with Crippen molar-refractivity contribution in [2.45, 2.75) is 311 Å². The second kappa shape index (κ2) is 47.4. The lowest BCUT2D eigenvalue weighted by atomic mass is 10.0. The molecule has 0 aliphatic heterocycles. The van der Waals surface area contributed by atoms with Gasteiger partial charge in [0.2, 0.25) is 0 Å². The van der Waals surface area contributed by atoms with Crippen LogP contribution in [0.25, 0.3) is 0 Å². The molecule has 0 rings (SSSR count). The van der Waals surface area contributed by atoms with E-state index >= 15 is 0 Å². The van der Waals surface area contributed by atoms with Gasteiger partial charge >= 0.3 is 17.9 Å². The maximum absolute atomic E-state index is 12.8. The van der Waals surface area contributed by atoms with E-state index in [1.54, 1.807) is 0 Å². The Kier molecular flexibility index (Phi) is 46.2. The summed E-state index contributed by atoms with van der Waals surface area (Å²) in [7, 11) is 0. The fraction of sp³-hybridized carbons (Fsp3) is 0.946. The Morgan fingerprint density at radius 1 is 0.274 bits per heavy atom. The van der Waals surface area contributed by atoms with Crippen LogP contribution in [0.5, 0.6) is 0 Å². The van der Waals surface area contributed by atoms with Gasteiger partial charge in [-0.1, -0.05) is 266 Å². The van der Waals surface area contributed by atoms with Gasteiger partial charge in [0.1, 0.15) is 13.2 Å². The number of hydrogen-bond donors (Lipinski definition) is 0. The van der Waals surface area contributed by atoms with Crippen molar-refractivity contribution in [2.24, 2.45) is 17.8 Å². The molecule has 0 aliphatic rings. The molecule has 0 saturated heterocycles. The zero-order valence-corrected chi connectivity index (χ0v) is 42.7. The Hall–Kier alpha value is -1.59. The lowest BCUT2D eigenvalue weighted by Crippen LogP contribution is -2.30. The molecule has 62 heavy (non-hydrogen) atoms. The summed E-state index contributed by atoms with van der Waals surface area (Å²) in [6.07, 6.45) is 48.2. The first-order valence-electron chi connectivity index (χ1n) is 27.6. The van der Waals surface area contributed by atoms with Gasteiger partial charge in [0, 0.05) is 19.3 Å². The topological polar surface area (TPSA) is 78.9 Å². The molecule has 0 fully saturated rings. The van der Waals surface area contributed by atoms with Crippen molar-refractivity contribution in [3.63, 3.8) is 0 Å². The molecule has 6 heteroatoms. The summed E-state index contributed by atoms with van der Waals surface area (Å²) in [5, 5.41) is 0. The molecule has 0 unspecified atom stereocenters. The molecule has 0 aliphatic carbocycles. The summed E-state index contributed by atoms with van der Waals surface area (Å²) in [6, 6.07) is 0. The largest absolute Gasteiger partial charge is 0.462 e. The van der Waals surface area contributed by atoms with Gasteiger partial charge in [-0.25, -0.2) is 0 Å². The number of carbonyl (C=O) groups is 3. The Morgan fingerprint density at radius 2 is 0.468 bits per heavy atom. The molecule has 368 valence electrons. The highest BCUT2D eigenvalue weighted by Crippen LogP contribution is 2.18. The molecular weight excluding hydrogens is 769 g/mol. The van der Waals surface area contributed by atoms with Crippen molar-refractivity contribution in [3.05, 3.63) is 0 Å². The van der Waals surface area contributed by atoms with Crippen molar-refractivity contribution in [1.29, 1.82) is 0 Å². The first-order chi connectivity index (χ1) is 30.1. The number of carbonyl (C=O) groups excluding carboxylic acids is 3. The molecule has 0 saturated carbocycles. The summed E-state index contributed by atoms with van der Waals surface area (Å²) in [6.45, 7) is 13.7. The number of unbranched alkanes of at least 4 members (excludes halogenated alkanes) is 32. The molecule has 0 amide bonds. The van der Waals surface area contributed by atoms with Crippen LogP contribution in [0.2, 0.25) is 0 Å². The van der Waals surface area contributed by atoms with Gasteiger partial charge in [-0.3, -0.25) is 14.4 Å². The zero-order chi connectivity index (χ0) is 45.6. The van der Waals surface area contributed by atoms with E-state index in [2.05, 4.69) is 41.5 Å². The third kappa shape index (κ3) is 49.4. The van der Waals surface area contributed by atoms with Crippen LogP contribution in [0.1, 0.15) is 305 Å². The average Bonchev–Trinajstić information content (AvgIpc) is 3.23. The Balaban J connectivity index is 4.21. The summed E-state index contributed by atoms with van der Waals surface area (Å²) in [5.74, 6) is 1.61. The van der Waals surface area contributed by atoms with Crippen LogP contribution < -0.4 is 0 Å². The van der Waals surface area contributed by atoms with Gasteiger partial charge in [-0.05, 0) is 37.0 Å². The molecule has 0 radical (unpaired) electrons. The van der Waals surface area contributed by atoms with Crippen molar-refractivity contribution < 1.29 is 28.6 Å². The van der Waals surface area contributed by atoms with Crippen LogP contribution in [0.4, 0.5) is 0 Å². The quantitative estimate of drug-likeness (QED) is 0.0344. The molecule has 0 spiro atoms. The van der Waals surface area contributed by atoms with Gasteiger partial charge in [0.05, 0.1) is 0 Å². The minimum absolute atomic E-state index is 0.0646. The molecular formula is C56H108O6. The number of ether oxygens (including phenoxy) is 3. The van der Waals surface area contributed by atoms with Crippen molar-refractivity contribution in [1.82, 2.24) is 0 Å². The highest BCUT2D eigenvalue weighted by Gasteiger charge is 2.19. The maximum atomic E-state index is 12.8. The summed E-state index contributed by atoms with van der Waals surface area (Å²) >= 11 is 0. The van der Waals surface area contributed by atoms with Crippen LogP contribution in [-0.4, -0.2) is 37.2 Å². The SMILES string of the molecule is CC(C)CCCCCCCCCCCCCCCCCCCCC(=O)OC[C@@H](COC(=O)CCCCCCCCCCC(C)C)OC(=O)CCCCCCCCCCCC(C)C. The normalized spacial score (nSPS) is 12.1. The molecule has 0 bridgehead atoms. The zero-order valence-electron chi connectivity index (χ0n) is 42.7. The van der Waals surface area contributed by atoms with E-state index in [0.29, 0.717) is 19.3 Å². The third-order valence-electron chi connectivity index (χ3n) is 12.6. The third-order valence-corrected chi connectivity index (χ3v) is 12.6. The lowest BCUT2D eigenvalue weighted by Gasteiger charge is -2.18. The van der Waals surface area contributed by atoms with Crippen molar-refractivity contribution in [2.75, 3.05) is 13.2 Å². The van der Waals surface area contributed by atoms with Crippen LogP contribution in [0.15, 0.2) is 0 Å². The van der Waals surface area contributed by atoms with Crippen LogP contribution >= 0.6 is 0 Å². The molecule has 0 aromatic heterocycles. The van der Waals surface area contributed by atoms with Gasteiger partial charge in [0.25, 0.3) is 0 Å². The van der Waals surface area contributed by atoms with Crippen LogP contribution in [0.3, 0.4) is 0 Å². The first kappa shape index (κ1) is 60.4. The minimum atomic E-state index is -0.763. The van der Waals surface area contributed by atoms with Gasteiger partial charge in [-0.2, -0.15) is 0 Å². The number of rotatable bonds is 49. The fourth-order valence-electron chi connectivity index (χ4n) is 8.47. The molecule has 6 nitrogen and oxygen atoms in total. The van der Waals surface area contributed by atoms with E-state index in [0.717, 1.165) is 75.5 Å². The van der Waals surface area contributed by atoms with Crippen LogP contribution in [0, 0.1) is 17.8 Å². The number of hydrogen-bond acceptors (Lipinski definition) is 6. The molecule has 0 N–H and O–H groups in total. The van der Waals surface area contributed by atoms with Crippen molar-refractivity contribution in [3.8, 4) is 0 Å². The van der Waals surface area contributed by atoms with E-state index < -0.39 is 6.10 Å². The average molecular weight is 877 g/mol. The Bertz CT molecular complexity index is 960. The maximum Gasteiger partial charge on any atom is 0.306 e. The number of esters is 3. The van der Waals surface area contributed by atoms with E-state index in [4.69, 9.17) is 14.2 Å². The Labute approximate surface area is 387 Å². The second-order valence-corrected chi connectivity index (χ2v) is 20.6. The predicted octanol–water partition coefficient (Wildman–Crippen LogP) is 17.9. The predicted molar refractivity (Wildman–Crippen MR) is 266 cm³/mol. The van der Waals surface area contributed by atoms with E-state index in [9.17, 15) is 14.4 Å². The van der Waals surface area contributed by atoms with Crippen molar-refractivity contribution >= 4 is 17.9 Å². The summed E-state index contributed by atoms with van der Waals surface area (Å²) in [5.41, 5.74) is 0. The van der Waals surface area contributed by atoms with Gasteiger partial charge < -0.3 is 14.2 Å². The van der Waals surface area contributed by atoms with Gasteiger partial charge in [0.15, 0.2) is 6.10 Å². The minimum Gasteiger partial charge on any atom is -0.462 e. The lowest BCUT2D eigenvalue weighted by molar-refractivity contribution is -0.167. The Morgan fingerprint density at radius 3 is 0.694 bits per heavy atom. The monoisotopic (exact) mass is 877 g/mol. The van der Waals surface area contributed by atoms with Crippen LogP contribution in [-0.2, 0) is 28.6 Å². The highest BCUT2D eigenvalue weighted by molar-refractivity contribution is 5.71. The smallest absolute Gasteiger partial charge is 0.306 e. The molecule has 0 aromatic carbocycles. The standard InChI is InChI=1S/C56H108O6/c1-50(2)42-36-30-24-18-15-13-11-9-7-8-10-12-14-16-20-27-33-39-45-54(57)60-48-53(49-61-55(58)46-40-34-28-23-22-26-32-38-44-52(5)6)62-56(59)47-41-35-29-21-17-19-25-31-37-43-51(3)4/h50-53H,7-49H2,1-6H3/t53-/m0/s1. The van der Waals surface area contributed by atoms with Gasteiger partial charge in [-0.15, -0.1) is 0 Å². The second-order valence-electron chi connectivity index (χ2n) is 20.6. The fourth-order valence-corrected chi connectivity index (χ4v) is 8.47. The molecule has 0 heterocycles. The molecule has 1 atom stereocenters. The van der Waals surface area contributed by atoms with E-state index in [-0.39, 0.29) is 31.1 Å². The first-order valence-corrected chi connectivity index (χ1v) is 27.6. The van der Waals surface area contributed by atoms with E-state index in [1.165, 1.54) is 186 Å². The molecule has 0 aromatic rings. The highest BCUT2D eigenvalue weighted by atomic mass is 16.6. The van der Waals surface area contributed by atoms with E-state index in [1.807, 2.05) is 0 Å². The summed E-state index contributed by atoms with van der Waals surface area (Å²) in [4.78, 5) is 38.0.